The number of ether oxygens (including phenoxy) is 1. The van der Waals surface area contributed by atoms with Gasteiger partial charge in [-0.1, -0.05) is 0 Å². The van der Waals surface area contributed by atoms with Crippen LogP contribution in [0.4, 0.5) is 0 Å². The lowest BCUT2D eigenvalue weighted by molar-refractivity contribution is 0.0597. The van der Waals surface area contributed by atoms with Crippen LogP contribution in [0.15, 0.2) is 18.3 Å². The van der Waals surface area contributed by atoms with Crippen molar-refractivity contribution < 1.29 is 9.53 Å². The van der Waals surface area contributed by atoms with Crippen molar-refractivity contribution in [3.05, 3.63) is 29.6 Å². The van der Waals surface area contributed by atoms with Gasteiger partial charge in [0.15, 0.2) is 0 Å². The lowest BCUT2D eigenvalue weighted by Crippen LogP contribution is -2.43. The zero-order chi connectivity index (χ0) is 11.4. The molecule has 0 aliphatic carbocycles. The fraction of sp³-hybridized carbons (Fsp3) is 0.455. The number of esters is 1. The largest absolute Gasteiger partial charge is 0.465 e. The summed E-state index contributed by atoms with van der Waals surface area (Å²) < 4.78 is 4.74. The van der Waals surface area contributed by atoms with E-state index in [0.29, 0.717) is 5.56 Å². The van der Waals surface area contributed by atoms with E-state index in [1.165, 1.54) is 7.11 Å². The van der Waals surface area contributed by atoms with Gasteiger partial charge in [0.05, 0.1) is 24.4 Å². The molecule has 1 saturated heterocycles. The SMILES string of the molecule is COC(=O)c1cccnc1C1CNCCN1. The van der Waals surface area contributed by atoms with Crippen LogP contribution in [-0.4, -0.2) is 37.7 Å². The number of pyridine rings is 1. The number of nitrogens with zero attached hydrogens (tertiary/aromatic N) is 1. The summed E-state index contributed by atoms with van der Waals surface area (Å²) in [6, 6.07) is 3.56. The predicted octanol–water partition coefficient (Wildman–Crippen LogP) is 0.102. The summed E-state index contributed by atoms with van der Waals surface area (Å²) in [6.45, 7) is 2.60. The van der Waals surface area contributed by atoms with Gasteiger partial charge in [-0.15, -0.1) is 0 Å². The molecule has 0 saturated carbocycles. The van der Waals surface area contributed by atoms with Crippen LogP contribution < -0.4 is 10.6 Å². The number of rotatable bonds is 2. The molecule has 0 spiro atoms. The lowest BCUT2D eigenvalue weighted by atomic mass is 10.1. The van der Waals surface area contributed by atoms with E-state index < -0.39 is 0 Å². The third kappa shape index (κ3) is 2.20. The van der Waals surface area contributed by atoms with Crippen molar-refractivity contribution >= 4 is 5.97 Å². The van der Waals surface area contributed by atoms with Crippen molar-refractivity contribution in [2.45, 2.75) is 6.04 Å². The Morgan fingerprint density at radius 1 is 1.56 bits per heavy atom. The number of nitrogens with one attached hydrogen (secondary N) is 2. The van der Waals surface area contributed by atoms with Gasteiger partial charge in [0, 0.05) is 25.8 Å². The summed E-state index contributed by atoms with van der Waals surface area (Å²) in [4.78, 5) is 15.8. The Bertz CT molecular complexity index is 375. The quantitative estimate of drug-likeness (QED) is 0.694. The smallest absolute Gasteiger partial charge is 0.339 e. The van der Waals surface area contributed by atoms with Gasteiger partial charge < -0.3 is 15.4 Å². The van der Waals surface area contributed by atoms with Crippen LogP contribution in [-0.2, 0) is 4.74 Å². The van der Waals surface area contributed by atoms with Crippen LogP contribution in [0.1, 0.15) is 22.1 Å². The van der Waals surface area contributed by atoms with E-state index >= 15 is 0 Å². The minimum Gasteiger partial charge on any atom is -0.465 e. The second-order valence-corrected chi connectivity index (χ2v) is 3.64. The van der Waals surface area contributed by atoms with E-state index in [2.05, 4.69) is 15.6 Å². The molecule has 16 heavy (non-hydrogen) atoms. The van der Waals surface area contributed by atoms with Crippen molar-refractivity contribution in [2.75, 3.05) is 26.7 Å². The summed E-state index contributed by atoms with van der Waals surface area (Å²) in [5.41, 5.74) is 1.28. The molecule has 5 nitrogen and oxygen atoms in total. The van der Waals surface area contributed by atoms with Crippen LogP contribution >= 0.6 is 0 Å². The number of hydrogen-bond donors (Lipinski definition) is 2. The first-order valence-electron chi connectivity index (χ1n) is 5.30. The minimum absolute atomic E-state index is 0.0732. The predicted molar refractivity (Wildman–Crippen MR) is 59.2 cm³/mol. The summed E-state index contributed by atoms with van der Waals surface area (Å²) in [6.07, 6.45) is 1.69. The number of piperazine rings is 1. The molecule has 0 aromatic carbocycles. The number of carbonyl (C=O) groups is 1. The van der Waals surface area contributed by atoms with Crippen LogP contribution in [0.25, 0.3) is 0 Å². The van der Waals surface area contributed by atoms with Crippen LogP contribution in [0.3, 0.4) is 0 Å². The maximum Gasteiger partial charge on any atom is 0.339 e. The molecular weight excluding hydrogens is 206 g/mol. The fourth-order valence-electron chi connectivity index (χ4n) is 1.82. The molecule has 1 aliphatic heterocycles. The first kappa shape index (κ1) is 11.0. The van der Waals surface area contributed by atoms with Crippen molar-refractivity contribution in [1.82, 2.24) is 15.6 Å². The Hall–Kier alpha value is -1.46. The molecule has 2 rings (SSSR count). The Labute approximate surface area is 94.2 Å². The van der Waals surface area contributed by atoms with Gasteiger partial charge in [-0.25, -0.2) is 4.79 Å². The fourth-order valence-corrected chi connectivity index (χ4v) is 1.82. The van der Waals surface area contributed by atoms with Crippen molar-refractivity contribution in [2.24, 2.45) is 0 Å². The van der Waals surface area contributed by atoms with Gasteiger partial charge in [0.1, 0.15) is 0 Å². The normalized spacial score (nSPS) is 20.4. The zero-order valence-electron chi connectivity index (χ0n) is 9.19. The Balaban J connectivity index is 2.28. The highest BCUT2D eigenvalue weighted by molar-refractivity contribution is 5.90. The highest BCUT2D eigenvalue weighted by atomic mass is 16.5. The van der Waals surface area contributed by atoms with Gasteiger partial charge in [-0.2, -0.15) is 0 Å². The summed E-state index contributed by atoms with van der Waals surface area (Å²) in [5, 5.41) is 6.58. The topological polar surface area (TPSA) is 63.2 Å². The monoisotopic (exact) mass is 221 g/mol. The number of carbonyl (C=O) groups excluding carboxylic acids is 1. The van der Waals surface area contributed by atoms with Crippen molar-refractivity contribution in [1.29, 1.82) is 0 Å². The Kier molecular flexibility index (Phi) is 3.48. The molecule has 1 atom stereocenters. The maximum absolute atomic E-state index is 11.6. The maximum atomic E-state index is 11.6. The standard InChI is InChI=1S/C11H15N3O2/c1-16-11(15)8-3-2-4-14-10(8)9-7-12-5-6-13-9/h2-4,9,12-13H,5-7H2,1H3. The number of methoxy groups -OCH3 is 1. The summed E-state index contributed by atoms with van der Waals surface area (Å²) in [7, 11) is 1.38. The number of aromatic nitrogens is 1. The van der Waals surface area contributed by atoms with Gasteiger partial charge in [0.2, 0.25) is 0 Å². The van der Waals surface area contributed by atoms with E-state index in [9.17, 15) is 4.79 Å². The van der Waals surface area contributed by atoms with Crippen LogP contribution in [0.5, 0.6) is 0 Å². The highest BCUT2D eigenvalue weighted by Crippen LogP contribution is 2.16. The highest BCUT2D eigenvalue weighted by Gasteiger charge is 2.22. The first-order valence-corrected chi connectivity index (χ1v) is 5.30. The summed E-state index contributed by atoms with van der Waals surface area (Å²) >= 11 is 0. The number of hydrogen-bond acceptors (Lipinski definition) is 5. The minimum atomic E-state index is -0.338. The Morgan fingerprint density at radius 3 is 3.12 bits per heavy atom. The first-order chi connectivity index (χ1) is 7.83. The van der Waals surface area contributed by atoms with E-state index in [1.54, 1.807) is 18.3 Å². The van der Waals surface area contributed by atoms with Gasteiger partial charge in [-0.3, -0.25) is 4.98 Å². The average molecular weight is 221 g/mol. The van der Waals surface area contributed by atoms with Crippen LogP contribution in [0, 0.1) is 0 Å². The Morgan fingerprint density at radius 2 is 2.44 bits per heavy atom. The molecule has 86 valence electrons. The van der Waals surface area contributed by atoms with E-state index in [-0.39, 0.29) is 12.0 Å². The van der Waals surface area contributed by atoms with Crippen molar-refractivity contribution in [3.8, 4) is 0 Å². The molecule has 0 radical (unpaired) electrons. The van der Waals surface area contributed by atoms with Gasteiger partial charge in [-0.05, 0) is 12.1 Å². The molecule has 1 fully saturated rings. The molecule has 2 heterocycles. The molecule has 1 aromatic rings. The van der Waals surface area contributed by atoms with E-state index in [4.69, 9.17) is 4.74 Å². The molecule has 1 unspecified atom stereocenters. The molecule has 1 aliphatic rings. The van der Waals surface area contributed by atoms with E-state index in [1.807, 2.05) is 0 Å². The molecule has 5 heteroatoms. The van der Waals surface area contributed by atoms with Crippen molar-refractivity contribution in [3.63, 3.8) is 0 Å². The van der Waals surface area contributed by atoms with Gasteiger partial charge in [0.25, 0.3) is 0 Å². The van der Waals surface area contributed by atoms with E-state index in [0.717, 1.165) is 25.3 Å². The average Bonchev–Trinajstić information content (AvgIpc) is 2.39. The molecule has 1 aromatic heterocycles. The lowest BCUT2D eigenvalue weighted by Gasteiger charge is -2.25. The molecular formula is C11H15N3O2. The zero-order valence-corrected chi connectivity index (χ0v) is 9.19. The second kappa shape index (κ2) is 5.05. The second-order valence-electron chi connectivity index (χ2n) is 3.64. The third-order valence-corrected chi connectivity index (χ3v) is 2.61. The third-order valence-electron chi connectivity index (χ3n) is 2.61. The molecule has 0 amide bonds. The summed E-state index contributed by atoms with van der Waals surface area (Å²) in [5.74, 6) is -0.338. The molecule has 2 N–H and O–H groups in total. The van der Waals surface area contributed by atoms with Crippen LogP contribution in [0.2, 0.25) is 0 Å². The van der Waals surface area contributed by atoms with Gasteiger partial charge >= 0.3 is 5.97 Å². The molecule has 0 bridgehead atoms.